The van der Waals surface area contributed by atoms with Crippen LogP contribution in [0.1, 0.15) is 13.3 Å². The molecule has 0 radical (unpaired) electrons. The maximum Gasteiger partial charge on any atom is 0.309 e. The Balaban J connectivity index is 1.46. The van der Waals surface area contributed by atoms with Gasteiger partial charge in [0.1, 0.15) is 11.2 Å². The first-order valence-electron chi connectivity index (χ1n) is 7.99. The topological polar surface area (TPSA) is 68.5 Å². The summed E-state index contributed by atoms with van der Waals surface area (Å²) in [5.74, 6) is -0.290. The maximum atomic E-state index is 12.0. The van der Waals surface area contributed by atoms with Crippen LogP contribution in [-0.4, -0.2) is 18.5 Å². The fraction of sp³-hybridized carbons (Fsp3) is 0.263. The molecule has 1 aromatic heterocycles. The van der Waals surface area contributed by atoms with E-state index in [-0.39, 0.29) is 24.4 Å². The van der Waals surface area contributed by atoms with Crippen LogP contribution in [0.5, 0.6) is 0 Å². The molecule has 0 bridgehead atoms. The van der Waals surface area contributed by atoms with E-state index in [1.54, 1.807) is 6.07 Å². The predicted molar refractivity (Wildman–Crippen MR) is 90.6 cm³/mol. The Morgan fingerprint density at radius 1 is 1.17 bits per heavy atom. The smallest absolute Gasteiger partial charge is 0.309 e. The van der Waals surface area contributed by atoms with Crippen molar-refractivity contribution in [2.75, 3.05) is 11.9 Å². The summed E-state index contributed by atoms with van der Waals surface area (Å²) < 4.78 is 10.8. The molecule has 122 valence electrons. The summed E-state index contributed by atoms with van der Waals surface area (Å²) >= 11 is 0. The first-order valence-corrected chi connectivity index (χ1v) is 7.99. The number of hydrogen-bond acceptors (Lipinski definition) is 4. The molecule has 5 nitrogen and oxygen atoms in total. The predicted octanol–water partition coefficient (Wildman–Crippen LogP) is 3.72. The van der Waals surface area contributed by atoms with Crippen molar-refractivity contribution >= 4 is 39.5 Å². The van der Waals surface area contributed by atoms with E-state index in [0.717, 1.165) is 28.4 Å². The van der Waals surface area contributed by atoms with Crippen LogP contribution < -0.4 is 5.32 Å². The summed E-state index contributed by atoms with van der Waals surface area (Å²) in [7, 11) is 0. The van der Waals surface area contributed by atoms with Gasteiger partial charge in [0.25, 0.3) is 5.91 Å². The molecule has 1 fully saturated rings. The second-order valence-corrected chi connectivity index (χ2v) is 6.28. The number of para-hydroxylation sites is 1. The normalized spacial score (nSPS) is 19.4. The zero-order valence-corrected chi connectivity index (χ0v) is 13.2. The third kappa shape index (κ3) is 2.73. The number of carbonyl (C=O) groups is 2. The van der Waals surface area contributed by atoms with Gasteiger partial charge in [-0.05, 0) is 36.6 Å². The number of amides is 1. The lowest BCUT2D eigenvalue weighted by Crippen LogP contribution is -2.21. The summed E-state index contributed by atoms with van der Waals surface area (Å²) in [5, 5.41) is 4.69. The van der Waals surface area contributed by atoms with E-state index in [1.807, 2.05) is 43.3 Å². The van der Waals surface area contributed by atoms with Crippen molar-refractivity contribution in [1.29, 1.82) is 0 Å². The average Bonchev–Trinajstić information content (AvgIpc) is 3.20. The molecule has 2 aromatic carbocycles. The molecule has 4 rings (SSSR count). The van der Waals surface area contributed by atoms with Crippen LogP contribution in [0.2, 0.25) is 0 Å². The fourth-order valence-corrected chi connectivity index (χ4v) is 2.90. The standard InChI is InChI=1S/C19H17NO4/c1-11-8-14(11)19(22)23-10-18(21)20-12-6-7-17-15(9-12)13-4-2-3-5-16(13)24-17/h2-7,9,11,14H,8,10H2,1H3,(H,20,21)/t11-,14-/m1/s1. The van der Waals surface area contributed by atoms with Gasteiger partial charge in [-0.15, -0.1) is 0 Å². The summed E-state index contributed by atoms with van der Waals surface area (Å²) in [6.45, 7) is 1.74. The van der Waals surface area contributed by atoms with Gasteiger partial charge < -0.3 is 14.5 Å². The molecule has 1 aliphatic carbocycles. The quantitative estimate of drug-likeness (QED) is 0.743. The van der Waals surface area contributed by atoms with Gasteiger partial charge >= 0.3 is 5.97 Å². The van der Waals surface area contributed by atoms with Crippen molar-refractivity contribution in [3.05, 3.63) is 42.5 Å². The number of anilines is 1. The first kappa shape index (κ1) is 14.8. The summed E-state index contributed by atoms with van der Waals surface area (Å²) in [5.41, 5.74) is 2.22. The minimum Gasteiger partial charge on any atom is -0.456 e. The molecular weight excluding hydrogens is 306 g/mol. The number of nitrogens with one attached hydrogen (secondary N) is 1. The molecule has 1 aliphatic rings. The molecule has 0 saturated heterocycles. The highest BCUT2D eigenvalue weighted by Crippen LogP contribution is 2.38. The molecule has 1 saturated carbocycles. The number of rotatable bonds is 4. The van der Waals surface area contributed by atoms with E-state index >= 15 is 0 Å². The summed E-state index contributed by atoms with van der Waals surface area (Å²) in [4.78, 5) is 23.6. The Morgan fingerprint density at radius 3 is 2.71 bits per heavy atom. The number of benzene rings is 2. The average molecular weight is 323 g/mol. The van der Waals surface area contributed by atoms with Gasteiger partial charge in [-0.2, -0.15) is 0 Å². The van der Waals surface area contributed by atoms with Gasteiger partial charge in [-0.25, -0.2) is 0 Å². The van der Waals surface area contributed by atoms with E-state index in [2.05, 4.69) is 5.32 Å². The van der Waals surface area contributed by atoms with Crippen molar-refractivity contribution in [3.63, 3.8) is 0 Å². The lowest BCUT2D eigenvalue weighted by atomic mass is 10.1. The molecule has 24 heavy (non-hydrogen) atoms. The van der Waals surface area contributed by atoms with Gasteiger partial charge in [0.2, 0.25) is 0 Å². The van der Waals surface area contributed by atoms with E-state index < -0.39 is 0 Å². The van der Waals surface area contributed by atoms with Crippen molar-refractivity contribution in [1.82, 2.24) is 0 Å². The van der Waals surface area contributed by atoms with Gasteiger partial charge in [-0.3, -0.25) is 9.59 Å². The van der Waals surface area contributed by atoms with Crippen LogP contribution in [0.3, 0.4) is 0 Å². The number of carbonyl (C=O) groups excluding carboxylic acids is 2. The molecule has 0 spiro atoms. The number of fused-ring (bicyclic) bond motifs is 3. The molecule has 1 heterocycles. The van der Waals surface area contributed by atoms with Crippen LogP contribution in [0.25, 0.3) is 21.9 Å². The monoisotopic (exact) mass is 323 g/mol. The number of ether oxygens (including phenoxy) is 1. The lowest BCUT2D eigenvalue weighted by Gasteiger charge is -2.06. The summed E-state index contributed by atoms with van der Waals surface area (Å²) in [6, 6.07) is 13.2. The van der Waals surface area contributed by atoms with Gasteiger partial charge in [-0.1, -0.05) is 25.1 Å². The van der Waals surface area contributed by atoms with Crippen molar-refractivity contribution in [2.24, 2.45) is 11.8 Å². The summed E-state index contributed by atoms with van der Waals surface area (Å²) in [6.07, 6.45) is 0.852. The van der Waals surface area contributed by atoms with Crippen LogP contribution in [0.15, 0.2) is 46.9 Å². The molecule has 0 aliphatic heterocycles. The van der Waals surface area contributed by atoms with Crippen LogP contribution >= 0.6 is 0 Å². The van der Waals surface area contributed by atoms with E-state index in [1.165, 1.54) is 0 Å². The molecule has 0 unspecified atom stereocenters. The highest BCUT2D eigenvalue weighted by molar-refractivity contribution is 6.07. The number of hydrogen-bond donors (Lipinski definition) is 1. The first-order chi connectivity index (χ1) is 11.6. The molecule has 2 atom stereocenters. The minimum absolute atomic E-state index is 0.0357. The Hall–Kier alpha value is -2.82. The highest BCUT2D eigenvalue weighted by atomic mass is 16.5. The largest absolute Gasteiger partial charge is 0.456 e. The van der Waals surface area contributed by atoms with Crippen molar-refractivity contribution in [2.45, 2.75) is 13.3 Å². The van der Waals surface area contributed by atoms with Crippen molar-refractivity contribution < 1.29 is 18.7 Å². The third-order valence-electron chi connectivity index (χ3n) is 4.42. The van der Waals surface area contributed by atoms with E-state index in [4.69, 9.17) is 9.15 Å². The second-order valence-electron chi connectivity index (χ2n) is 6.28. The zero-order valence-electron chi connectivity index (χ0n) is 13.2. The van der Waals surface area contributed by atoms with Gasteiger partial charge in [0, 0.05) is 16.5 Å². The van der Waals surface area contributed by atoms with Crippen LogP contribution in [0.4, 0.5) is 5.69 Å². The second kappa shape index (κ2) is 5.67. The third-order valence-corrected chi connectivity index (χ3v) is 4.42. The minimum atomic E-state index is -0.344. The number of esters is 1. The SMILES string of the molecule is C[C@@H]1C[C@H]1C(=O)OCC(=O)Nc1ccc2oc3ccccc3c2c1. The zero-order chi connectivity index (χ0) is 16.7. The van der Waals surface area contributed by atoms with Crippen LogP contribution in [-0.2, 0) is 14.3 Å². The molecule has 5 heteroatoms. The Labute approximate surface area is 138 Å². The molecule has 1 N–H and O–H groups in total. The van der Waals surface area contributed by atoms with Crippen LogP contribution in [0, 0.1) is 11.8 Å². The lowest BCUT2D eigenvalue weighted by molar-refractivity contribution is -0.148. The van der Waals surface area contributed by atoms with E-state index in [0.29, 0.717) is 11.6 Å². The van der Waals surface area contributed by atoms with Crippen molar-refractivity contribution in [3.8, 4) is 0 Å². The molecule has 1 amide bonds. The molecular formula is C19H17NO4. The van der Waals surface area contributed by atoms with Gasteiger partial charge in [0.05, 0.1) is 5.92 Å². The fourth-order valence-electron chi connectivity index (χ4n) is 2.90. The maximum absolute atomic E-state index is 12.0. The molecule has 3 aromatic rings. The Kier molecular flexibility index (Phi) is 3.49. The Morgan fingerprint density at radius 2 is 1.92 bits per heavy atom. The van der Waals surface area contributed by atoms with Gasteiger partial charge in [0.15, 0.2) is 6.61 Å². The Bertz CT molecular complexity index is 943. The number of furan rings is 1. The van der Waals surface area contributed by atoms with E-state index in [9.17, 15) is 9.59 Å². The highest BCUT2D eigenvalue weighted by Gasteiger charge is 2.40.